The summed E-state index contributed by atoms with van der Waals surface area (Å²) in [5.74, 6) is -2.23. The number of nitrogens with one attached hydrogen (secondary N) is 9. The number of nitrogens with two attached hydrogens (primary N) is 3. The van der Waals surface area contributed by atoms with Crippen LogP contribution in [0.3, 0.4) is 0 Å². The average Bonchev–Trinajstić information content (AvgIpc) is 1.83. The van der Waals surface area contributed by atoms with Crippen molar-refractivity contribution in [3.8, 4) is 0 Å². The highest BCUT2D eigenvalue weighted by molar-refractivity contribution is 6.01. The zero-order valence-corrected chi connectivity index (χ0v) is 53.2. The number of aromatic amines is 3. The summed E-state index contributed by atoms with van der Waals surface area (Å²) in [7, 11) is 0. The van der Waals surface area contributed by atoms with E-state index in [-0.39, 0.29) is 60.6 Å². The number of fused-ring (bicyclic) bond motifs is 3. The Labute approximate surface area is 532 Å². The largest absolute Gasteiger partial charge is 0.358 e. The van der Waals surface area contributed by atoms with Crippen molar-refractivity contribution < 1.29 is 28.8 Å². The van der Waals surface area contributed by atoms with Crippen LogP contribution >= 0.6 is 0 Å². The minimum atomic E-state index is -0.815. The topological polar surface area (TPSA) is 300 Å². The van der Waals surface area contributed by atoms with Gasteiger partial charge in [0, 0.05) is 72.8 Å². The maximum Gasteiger partial charge on any atom is 0.246 e. The van der Waals surface area contributed by atoms with Crippen LogP contribution in [-0.2, 0) is 48.0 Å². The number of H-pyrrole nitrogens is 3. The molecule has 18 nitrogen and oxygen atoms in total. The number of aryl methyl sites for hydroxylation is 6. The van der Waals surface area contributed by atoms with E-state index in [9.17, 15) is 28.8 Å². The fourth-order valence-electron chi connectivity index (χ4n) is 12.2. The maximum atomic E-state index is 14.1. The van der Waals surface area contributed by atoms with Crippen LogP contribution in [0.15, 0.2) is 127 Å². The quantitative estimate of drug-likeness (QED) is 0.0150. The van der Waals surface area contributed by atoms with Crippen molar-refractivity contribution in [2.45, 2.75) is 143 Å². The smallest absolute Gasteiger partial charge is 0.246 e. The third-order valence-electron chi connectivity index (χ3n) is 17.2. The second-order valence-corrected chi connectivity index (χ2v) is 24.3. The molecule has 0 aliphatic heterocycles. The summed E-state index contributed by atoms with van der Waals surface area (Å²) in [5.41, 5.74) is 33.3. The molecule has 91 heavy (non-hydrogen) atoms. The monoisotopic (exact) mass is 1230 g/mol. The van der Waals surface area contributed by atoms with Crippen LogP contribution in [-0.4, -0.2) is 88.2 Å². The van der Waals surface area contributed by atoms with E-state index in [1.807, 2.05) is 151 Å². The molecule has 0 saturated heterocycles. The van der Waals surface area contributed by atoms with Crippen LogP contribution < -0.4 is 49.1 Å². The fraction of sp³-hybridized carbons (Fsp3) is 0.342. The van der Waals surface area contributed by atoms with Gasteiger partial charge in [-0.1, -0.05) is 72.8 Å². The molecule has 3 aromatic heterocycles. The van der Waals surface area contributed by atoms with Gasteiger partial charge in [-0.05, 0) is 224 Å². The molecule has 0 spiro atoms. The molecule has 0 unspecified atom stereocenters. The SMILES string of the molecule is Cc1ccc2c(CC(=O)N[C@H](CCCCN)C(=O)Nc3ccc(C(c4ccc(NC(=O)[C@@H](CCCCN)NC(=O)Cc5c(C)[nH]c6cc(C)ccc56)cc4)c4ccc(NC(=O)[C@@H](CCCCN)NC(=O)Cc5c(C)[nH]c6cc(C)ccc56)cc4)cc3)c(C)[nH]c2c1. The number of aromatic nitrogens is 3. The van der Waals surface area contributed by atoms with E-state index >= 15 is 0 Å². The summed E-state index contributed by atoms with van der Waals surface area (Å²) in [4.78, 5) is 93.8. The number of rotatable bonds is 30. The number of benzene rings is 6. The van der Waals surface area contributed by atoms with Crippen LogP contribution in [0.4, 0.5) is 17.1 Å². The van der Waals surface area contributed by atoms with Crippen molar-refractivity contribution in [2.24, 2.45) is 17.2 Å². The Morgan fingerprint density at radius 3 is 0.879 bits per heavy atom. The first-order valence-electron chi connectivity index (χ1n) is 31.8. The van der Waals surface area contributed by atoms with Crippen LogP contribution in [0.1, 0.15) is 131 Å². The number of carbonyl (C=O) groups is 6. The van der Waals surface area contributed by atoms with Crippen LogP contribution in [0.2, 0.25) is 0 Å². The molecule has 18 heteroatoms. The molecular formula is C73H88N12O6. The molecule has 0 bridgehead atoms. The number of hydrogen-bond donors (Lipinski definition) is 12. The molecule has 6 aromatic carbocycles. The van der Waals surface area contributed by atoms with Crippen molar-refractivity contribution in [1.29, 1.82) is 0 Å². The molecule has 0 aliphatic rings. The third kappa shape index (κ3) is 17.1. The summed E-state index contributed by atoms with van der Waals surface area (Å²) in [6.07, 6.45) is 5.52. The van der Waals surface area contributed by atoms with E-state index < -0.39 is 18.1 Å². The predicted molar refractivity (Wildman–Crippen MR) is 365 cm³/mol. The summed E-state index contributed by atoms with van der Waals surface area (Å²) in [6.45, 7) is 13.3. The first-order valence-corrected chi connectivity index (χ1v) is 31.8. The standard InChI is InChI=1S/C73H88N12O6/c1-43-16-31-55-58(46(4)77-64(55)37-43)40-67(86)83-61(13-7-10-34-74)71(89)80-52-25-19-49(20-26-52)70(50-21-27-53(28-22-50)81-72(90)62(14-8-11-35-75)84-68(87)41-59-47(5)78-65-38-44(2)17-32-56(59)65)51-23-29-54(30-24-51)82-73(91)63(15-9-12-36-76)85-69(88)42-60-48(6)79-66-39-45(3)18-33-57(60)66/h16-33,37-39,61-63,70,77-79H,7-15,34-36,40-42,74-76H2,1-6H3,(H,80,89)(H,81,90)(H,82,91)(H,83,86)(H,84,87)(H,85,88)/t61-,62-,63-/m1/s1. The minimum absolute atomic E-state index is 0.105. The van der Waals surface area contributed by atoms with Crippen molar-refractivity contribution in [3.05, 3.63) is 195 Å². The molecule has 9 rings (SSSR count). The molecule has 9 aromatic rings. The second-order valence-electron chi connectivity index (χ2n) is 24.3. The number of anilines is 3. The molecular weight excluding hydrogens is 1140 g/mol. The number of hydrogen-bond acceptors (Lipinski definition) is 9. The summed E-state index contributed by atoms with van der Waals surface area (Å²) < 4.78 is 0. The minimum Gasteiger partial charge on any atom is -0.358 e. The van der Waals surface area contributed by atoms with Gasteiger partial charge in [-0.2, -0.15) is 0 Å². The zero-order chi connectivity index (χ0) is 64.7. The van der Waals surface area contributed by atoms with Gasteiger partial charge >= 0.3 is 0 Å². The van der Waals surface area contributed by atoms with E-state index in [1.165, 1.54) is 0 Å². The summed E-state index contributed by atoms with van der Waals surface area (Å²) in [5, 5.41) is 21.1. The van der Waals surface area contributed by atoms with E-state index in [2.05, 4.69) is 65.1 Å². The van der Waals surface area contributed by atoms with Gasteiger partial charge in [0.15, 0.2) is 0 Å². The van der Waals surface area contributed by atoms with Gasteiger partial charge in [-0.15, -0.1) is 0 Å². The molecule has 0 radical (unpaired) electrons. The lowest BCUT2D eigenvalue weighted by molar-refractivity contribution is -0.126. The molecule has 3 heterocycles. The van der Waals surface area contributed by atoms with Crippen molar-refractivity contribution in [1.82, 2.24) is 30.9 Å². The Morgan fingerprint density at radius 2 is 0.626 bits per heavy atom. The van der Waals surface area contributed by atoms with Crippen LogP contribution in [0.5, 0.6) is 0 Å². The predicted octanol–water partition coefficient (Wildman–Crippen LogP) is 10.5. The molecule has 476 valence electrons. The highest BCUT2D eigenvalue weighted by atomic mass is 16.2. The van der Waals surface area contributed by atoms with Gasteiger partial charge in [0.2, 0.25) is 35.4 Å². The number of carbonyl (C=O) groups excluding carboxylic acids is 6. The highest BCUT2D eigenvalue weighted by Gasteiger charge is 2.27. The van der Waals surface area contributed by atoms with E-state index in [0.717, 1.165) is 99.9 Å². The van der Waals surface area contributed by atoms with Gasteiger partial charge < -0.3 is 64.1 Å². The molecule has 0 saturated carbocycles. The molecule has 0 fully saturated rings. The Balaban J connectivity index is 0.938. The van der Waals surface area contributed by atoms with Crippen molar-refractivity contribution in [2.75, 3.05) is 35.6 Å². The fourth-order valence-corrected chi connectivity index (χ4v) is 12.2. The summed E-state index contributed by atoms with van der Waals surface area (Å²) in [6, 6.07) is 38.5. The van der Waals surface area contributed by atoms with Crippen molar-refractivity contribution in [3.63, 3.8) is 0 Å². The third-order valence-corrected chi connectivity index (χ3v) is 17.2. The highest BCUT2D eigenvalue weighted by Crippen LogP contribution is 2.35. The van der Waals surface area contributed by atoms with Crippen LogP contribution in [0, 0.1) is 41.5 Å². The normalized spacial score (nSPS) is 12.5. The number of unbranched alkanes of at least 4 members (excludes halogenated alkanes) is 3. The maximum absolute atomic E-state index is 14.1. The van der Waals surface area contributed by atoms with Crippen molar-refractivity contribution >= 4 is 85.2 Å². The van der Waals surface area contributed by atoms with Gasteiger partial charge in [-0.3, -0.25) is 28.8 Å². The lowest BCUT2D eigenvalue weighted by atomic mass is 9.85. The first-order chi connectivity index (χ1) is 43.9. The number of amides is 6. The molecule has 0 aliphatic carbocycles. The van der Waals surface area contributed by atoms with Gasteiger partial charge in [-0.25, -0.2) is 0 Å². The lowest BCUT2D eigenvalue weighted by Crippen LogP contribution is -2.44. The van der Waals surface area contributed by atoms with Gasteiger partial charge in [0.05, 0.1) is 19.3 Å². The van der Waals surface area contributed by atoms with E-state index in [0.29, 0.717) is 94.5 Å². The molecule has 3 atom stereocenters. The van der Waals surface area contributed by atoms with E-state index in [4.69, 9.17) is 17.2 Å². The summed E-state index contributed by atoms with van der Waals surface area (Å²) >= 11 is 0. The van der Waals surface area contributed by atoms with Crippen LogP contribution in [0.25, 0.3) is 32.7 Å². The zero-order valence-electron chi connectivity index (χ0n) is 53.2. The Kier molecular flexibility index (Phi) is 22.4. The average molecular weight is 1230 g/mol. The first kappa shape index (κ1) is 66.1. The molecule has 15 N–H and O–H groups in total. The lowest BCUT2D eigenvalue weighted by Gasteiger charge is -2.22. The molecule has 6 amide bonds. The Bertz CT molecular complexity index is 3620. The Hall–Kier alpha value is -9.36. The van der Waals surface area contributed by atoms with Gasteiger partial charge in [0.25, 0.3) is 0 Å². The van der Waals surface area contributed by atoms with Gasteiger partial charge in [0.1, 0.15) is 18.1 Å². The second kappa shape index (κ2) is 30.9. The Morgan fingerprint density at radius 1 is 0.363 bits per heavy atom. The van der Waals surface area contributed by atoms with E-state index in [1.54, 1.807) is 0 Å².